The normalized spacial score (nSPS) is 15.1. The molecule has 0 radical (unpaired) electrons. The van der Waals surface area contributed by atoms with Gasteiger partial charge in [-0.05, 0) is 145 Å². The minimum absolute atomic E-state index is 0.0371. The maximum absolute atomic E-state index is 14.4. The number of halogens is 13. The first-order chi connectivity index (χ1) is 33.2. The minimum Gasteiger partial charge on any atom is -0.508 e. The van der Waals surface area contributed by atoms with Gasteiger partial charge in [0.2, 0.25) is 0 Å². The van der Waals surface area contributed by atoms with E-state index in [-0.39, 0.29) is 74.7 Å². The summed E-state index contributed by atoms with van der Waals surface area (Å²) in [5.41, 5.74) is -10.6. The lowest BCUT2D eigenvalue weighted by molar-refractivity contribution is -0.0501. The molecule has 0 saturated carbocycles. The molecule has 0 atom stereocenters. The predicted molar refractivity (Wildman–Crippen MR) is 245 cm³/mol. The van der Waals surface area contributed by atoms with E-state index >= 15 is 0 Å². The van der Waals surface area contributed by atoms with Gasteiger partial charge in [0.25, 0.3) is 19.3 Å². The van der Waals surface area contributed by atoms with Crippen LogP contribution in [0.2, 0.25) is 0 Å². The Bertz CT molecular complexity index is 2570. The van der Waals surface area contributed by atoms with Crippen molar-refractivity contribution in [2.45, 2.75) is 143 Å². The molecular formula is C46H52F12IN3O10S. The molecule has 0 saturated heterocycles. The van der Waals surface area contributed by atoms with Crippen molar-refractivity contribution in [1.29, 1.82) is 0 Å². The highest BCUT2D eigenvalue weighted by Crippen LogP contribution is 2.40. The Hall–Kier alpha value is -5.09. The van der Waals surface area contributed by atoms with Crippen LogP contribution in [0.5, 0.6) is 11.5 Å². The molecule has 3 aromatic carbocycles. The van der Waals surface area contributed by atoms with Crippen LogP contribution < -0.4 is 4.18 Å². The van der Waals surface area contributed by atoms with Gasteiger partial charge in [-0.15, -0.1) is 0 Å². The smallest absolute Gasteiger partial charge is 0.508 e. The Balaban J connectivity index is 0.000000241. The van der Waals surface area contributed by atoms with Crippen molar-refractivity contribution in [3.05, 3.63) is 89.3 Å². The van der Waals surface area contributed by atoms with Crippen LogP contribution in [-0.4, -0.2) is 88.4 Å². The number of carbonyl (C=O) groups excluding carboxylic acids is 3. The molecule has 0 aliphatic carbocycles. The van der Waals surface area contributed by atoms with Gasteiger partial charge in [-0.1, -0.05) is 0 Å². The minimum atomic E-state index is -6.21. The summed E-state index contributed by atoms with van der Waals surface area (Å²) in [5.74, 6) is -4.81. The van der Waals surface area contributed by atoms with Crippen molar-refractivity contribution in [1.82, 2.24) is 14.7 Å². The quantitative estimate of drug-likeness (QED) is 0.0859. The van der Waals surface area contributed by atoms with E-state index in [2.05, 4.69) is 4.18 Å². The second-order valence-electron chi connectivity index (χ2n) is 19.6. The fourth-order valence-electron chi connectivity index (χ4n) is 7.26. The molecule has 3 heterocycles. The fraction of sp³-hybridized carbons (Fsp3) is 0.543. The maximum atomic E-state index is 14.4. The van der Waals surface area contributed by atoms with Gasteiger partial charge in [-0.25, -0.2) is 53.9 Å². The maximum Gasteiger partial charge on any atom is 0.534 e. The van der Waals surface area contributed by atoms with E-state index in [0.717, 1.165) is 17.0 Å². The highest BCUT2D eigenvalue weighted by atomic mass is 127. The zero-order valence-electron chi connectivity index (χ0n) is 40.6. The lowest BCUT2D eigenvalue weighted by Gasteiger charge is -2.32. The first-order valence-electron chi connectivity index (χ1n) is 21.9. The van der Waals surface area contributed by atoms with Gasteiger partial charge >= 0.3 is 33.9 Å². The summed E-state index contributed by atoms with van der Waals surface area (Å²) >= 11 is 1.90. The zero-order valence-corrected chi connectivity index (χ0v) is 43.6. The number of benzene rings is 3. The Morgan fingerprint density at radius 3 is 1.22 bits per heavy atom. The van der Waals surface area contributed by atoms with E-state index in [1.165, 1.54) is 9.80 Å². The number of rotatable bonds is 5. The molecule has 0 bridgehead atoms. The van der Waals surface area contributed by atoms with E-state index in [0.29, 0.717) is 9.13 Å². The molecule has 0 unspecified atom stereocenters. The molecule has 1 N–H and O–H groups in total. The number of ether oxygens (including phenoxy) is 3. The lowest BCUT2D eigenvalue weighted by Crippen LogP contribution is -2.40. The average molecular weight is 1190 g/mol. The van der Waals surface area contributed by atoms with E-state index in [1.54, 1.807) is 62.3 Å². The van der Waals surface area contributed by atoms with Crippen LogP contribution in [0.4, 0.5) is 67.1 Å². The van der Waals surface area contributed by atoms with Gasteiger partial charge < -0.3 is 38.2 Å². The molecule has 73 heavy (non-hydrogen) atoms. The number of nitrogens with zero attached hydrogens (tertiary/aromatic N) is 3. The summed E-state index contributed by atoms with van der Waals surface area (Å²) in [5, 5.41) is 9.86. The summed E-state index contributed by atoms with van der Waals surface area (Å²) < 4.78 is 201. The number of alkyl halides is 9. The van der Waals surface area contributed by atoms with E-state index in [4.69, 9.17) is 14.2 Å². The number of fused-ring (bicyclic) bond motifs is 3. The molecule has 0 spiro atoms. The Morgan fingerprint density at radius 2 is 0.863 bits per heavy atom. The van der Waals surface area contributed by atoms with Crippen molar-refractivity contribution < 1.29 is 99.0 Å². The molecule has 3 aromatic rings. The standard InChI is InChI=1S/C16H17F6NO5S.C15H17F3INO2.C15H18F3NO3/c1-15(2,3)27-14(24)23-5-4-8-10(7-23)11(6-9(12(8)17)13(18)19)28-29(25,26)16(20,21)22;1-15(2,3)22-14(21)20-5-4-8-10(7-20)11(19)6-9(12(8)16)13(17)18;1-15(2,3)22-14(21)19-5-4-8-10(7-19)11(20)6-9(12(8)16)13(17)18/h6,13H,4-5,7H2,1-3H3;6,13H,4-5,7H2,1-3H3;6,13,20H,4-5,7H2,1-3H3. The molecule has 408 valence electrons. The van der Waals surface area contributed by atoms with Crippen molar-refractivity contribution in [2.75, 3.05) is 19.6 Å². The average Bonchev–Trinajstić information content (AvgIpc) is 3.24. The molecule has 3 amide bonds. The van der Waals surface area contributed by atoms with Gasteiger partial charge in [-0.3, -0.25) is 0 Å². The van der Waals surface area contributed by atoms with Crippen LogP contribution in [0.1, 0.15) is 132 Å². The molecule has 3 aliphatic heterocycles. The number of phenols is 1. The van der Waals surface area contributed by atoms with Crippen molar-refractivity contribution in [3.63, 3.8) is 0 Å². The molecule has 0 aromatic heterocycles. The van der Waals surface area contributed by atoms with Gasteiger partial charge in [0.15, 0.2) is 0 Å². The lowest BCUT2D eigenvalue weighted by atomic mass is 9.95. The third-order valence-electron chi connectivity index (χ3n) is 10.5. The highest BCUT2D eigenvalue weighted by molar-refractivity contribution is 14.1. The summed E-state index contributed by atoms with van der Waals surface area (Å²) in [6, 6.07) is 2.07. The number of aromatic hydroxyl groups is 1. The number of hydrogen-bond donors (Lipinski definition) is 1. The van der Waals surface area contributed by atoms with Crippen molar-refractivity contribution in [2.24, 2.45) is 0 Å². The van der Waals surface area contributed by atoms with Crippen LogP contribution in [0.15, 0.2) is 18.2 Å². The summed E-state index contributed by atoms with van der Waals surface area (Å²) in [7, 11) is -6.21. The SMILES string of the molecule is CC(C)(C)OC(=O)N1CCc2c(F)c(C(F)F)cc(I)c2C1.CC(C)(C)OC(=O)N1CCc2c(F)c(C(F)F)cc(O)c2C1.CC(C)(C)OC(=O)N1CCc2c(F)c(C(F)F)cc(OS(=O)(=O)C(F)(F)F)c2C1. The number of phenolic OH excluding ortho intramolecular Hbond substituents is 1. The molecule has 3 aliphatic rings. The first kappa shape index (κ1) is 60.5. The van der Waals surface area contributed by atoms with E-state index < -0.39 is 133 Å². The molecule has 0 fully saturated rings. The van der Waals surface area contributed by atoms with Gasteiger partial charge in [-0.2, -0.15) is 21.6 Å². The monoisotopic (exact) mass is 1190 g/mol. The van der Waals surface area contributed by atoms with Gasteiger partial charge in [0, 0.05) is 34.3 Å². The second kappa shape index (κ2) is 22.8. The Kier molecular flexibility index (Phi) is 18.9. The summed E-state index contributed by atoms with van der Waals surface area (Å²) in [4.78, 5) is 40.0. The van der Waals surface area contributed by atoms with Crippen LogP contribution >= 0.6 is 22.6 Å². The molecule has 27 heteroatoms. The zero-order chi connectivity index (χ0) is 55.7. The largest absolute Gasteiger partial charge is 0.534 e. The number of amides is 3. The molecule has 6 rings (SSSR count). The van der Waals surface area contributed by atoms with Gasteiger partial charge in [0.1, 0.15) is 45.8 Å². The Morgan fingerprint density at radius 1 is 0.548 bits per heavy atom. The second-order valence-corrected chi connectivity index (χ2v) is 22.3. The van der Waals surface area contributed by atoms with Crippen LogP contribution in [0.3, 0.4) is 0 Å². The van der Waals surface area contributed by atoms with E-state index in [9.17, 15) is 80.6 Å². The Labute approximate surface area is 426 Å². The third kappa shape index (κ3) is 15.5. The van der Waals surface area contributed by atoms with Crippen molar-refractivity contribution >= 4 is 51.0 Å². The van der Waals surface area contributed by atoms with Gasteiger partial charge in [0.05, 0.1) is 36.3 Å². The third-order valence-corrected chi connectivity index (χ3v) is 12.4. The summed E-state index contributed by atoms with van der Waals surface area (Å²) in [6.45, 7) is 14.8. The van der Waals surface area contributed by atoms with E-state index in [1.807, 2.05) is 22.6 Å². The highest BCUT2D eigenvalue weighted by Gasteiger charge is 2.49. The topological polar surface area (TPSA) is 152 Å². The van der Waals surface area contributed by atoms with Crippen LogP contribution in [0.25, 0.3) is 0 Å². The molecule has 13 nitrogen and oxygen atoms in total. The fourth-order valence-corrected chi connectivity index (χ4v) is 8.57. The summed E-state index contributed by atoms with van der Waals surface area (Å²) in [6.07, 6.45) is -11.3. The van der Waals surface area contributed by atoms with Crippen LogP contribution in [-0.2, 0) is 63.2 Å². The predicted octanol–water partition coefficient (Wildman–Crippen LogP) is 12.7. The number of carbonyl (C=O) groups is 3. The number of hydrogen-bond acceptors (Lipinski definition) is 10. The van der Waals surface area contributed by atoms with Crippen LogP contribution in [0, 0.1) is 21.0 Å². The first-order valence-corrected chi connectivity index (χ1v) is 24.4. The van der Waals surface area contributed by atoms with Crippen molar-refractivity contribution in [3.8, 4) is 11.5 Å². The molecular weight excluding hydrogens is 1140 g/mol.